The van der Waals surface area contributed by atoms with E-state index in [1.165, 1.54) is 10.5 Å². The smallest absolute Gasteiger partial charge is 0.231 e. The normalized spacial score (nSPS) is 21.9. The molecule has 4 rings (SSSR count). The molecule has 1 fully saturated rings. The Morgan fingerprint density at radius 1 is 1.00 bits per heavy atom. The van der Waals surface area contributed by atoms with E-state index in [-0.39, 0.29) is 0 Å². The molecule has 1 saturated heterocycles. The van der Waals surface area contributed by atoms with Gasteiger partial charge >= 0.3 is 0 Å². The fraction of sp³-hybridized carbons (Fsp3) is 0.455. The van der Waals surface area contributed by atoms with Crippen molar-refractivity contribution < 1.29 is 29.1 Å². The van der Waals surface area contributed by atoms with E-state index in [9.17, 15) is 5.11 Å². The average Bonchev–Trinajstić information content (AvgIpc) is 3.19. The van der Waals surface area contributed by atoms with Crippen LogP contribution in [0.4, 0.5) is 0 Å². The summed E-state index contributed by atoms with van der Waals surface area (Å²) in [6.07, 6.45) is -0.456. The molecule has 0 unspecified atom stereocenters. The van der Waals surface area contributed by atoms with Crippen LogP contribution < -0.4 is 19.3 Å². The number of aliphatic hydroxyl groups excluding tert-OH is 1. The first-order chi connectivity index (χ1) is 14.2. The number of hydrogen-bond donors (Lipinski definition) is 3. The van der Waals surface area contributed by atoms with Gasteiger partial charge in [0.1, 0.15) is 45.4 Å². The third-order valence-electron chi connectivity index (χ3n) is 5.61. The summed E-state index contributed by atoms with van der Waals surface area (Å²) in [7, 11) is 0. The maximum Gasteiger partial charge on any atom is 0.231 e. The second kappa shape index (κ2) is 9.78. The van der Waals surface area contributed by atoms with Crippen molar-refractivity contribution in [3.05, 3.63) is 58.6 Å². The van der Waals surface area contributed by atoms with Crippen molar-refractivity contribution in [3.8, 4) is 11.5 Å². The van der Waals surface area contributed by atoms with Gasteiger partial charge in [-0.3, -0.25) is 0 Å². The summed E-state index contributed by atoms with van der Waals surface area (Å²) in [6.45, 7) is 7.10. The van der Waals surface area contributed by atoms with Crippen molar-refractivity contribution >= 4 is 11.6 Å². The number of benzene rings is 2. The number of rotatable bonds is 8. The molecule has 6 nitrogen and oxygen atoms in total. The fourth-order valence-corrected chi connectivity index (χ4v) is 4.18. The van der Waals surface area contributed by atoms with Crippen LogP contribution in [0.5, 0.6) is 11.5 Å². The lowest BCUT2D eigenvalue weighted by Gasteiger charge is -2.30. The van der Waals surface area contributed by atoms with Crippen molar-refractivity contribution in [3.63, 3.8) is 0 Å². The molecule has 0 spiro atoms. The Morgan fingerprint density at radius 3 is 2.59 bits per heavy atom. The van der Waals surface area contributed by atoms with Crippen LogP contribution in [0.15, 0.2) is 42.5 Å². The van der Waals surface area contributed by atoms with Crippen molar-refractivity contribution in [2.75, 3.05) is 46.1 Å². The van der Waals surface area contributed by atoms with Crippen molar-refractivity contribution in [1.82, 2.24) is 0 Å². The van der Waals surface area contributed by atoms with Crippen LogP contribution in [0.25, 0.3) is 0 Å². The summed E-state index contributed by atoms with van der Waals surface area (Å²) in [6, 6.07) is 13.9. The third kappa shape index (κ3) is 5.62. The minimum absolute atomic E-state index is 0.318. The van der Waals surface area contributed by atoms with Gasteiger partial charge < -0.3 is 29.1 Å². The van der Waals surface area contributed by atoms with Gasteiger partial charge in [0.25, 0.3) is 0 Å². The monoisotopic (exact) mass is 420 g/mol. The highest BCUT2D eigenvalue weighted by Crippen LogP contribution is 2.32. The van der Waals surface area contributed by atoms with E-state index < -0.39 is 6.10 Å². The van der Waals surface area contributed by atoms with E-state index >= 15 is 0 Å². The zero-order valence-corrected chi connectivity index (χ0v) is 17.3. The van der Waals surface area contributed by atoms with Gasteiger partial charge in [-0.1, -0.05) is 29.8 Å². The average molecular weight is 421 g/mol. The Morgan fingerprint density at radius 2 is 1.76 bits per heavy atom. The molecular formula is C22H29ClN2O4+2. The standard InChI is InChI=1S/C22H27ClN2O4/c23-20-4-2-1-3-18(20)14-27-15-19(26)13-25-9-7-24(8-10-25)12-17-5-6-21-22(11-17)29-16-28-21/h1-6,11,19,26H,7-10,12-16H2/p+2/t19-/m0/s1. The topological polar surface area (TPSA) is 56.8 Å². The lowest BCUT2D eigenvalue weighted by molar-refractivity contribution is -1.02. The van der Waals surface area contributed by atoms with Crippen LogP contribution in [0.3, 0.4) is 0 Å². The molecule has 2 heterocycles. The summed E-state index contributed by atoms with van der Waals surface area (Å²) in [4.78, 5) is 3.00. The number of quaternary nitrogens is 2. The molecule has 2 aromatic rings. The van der Waals surface area contributed by atoms with Gasteiger partial charge in [0.15, 0.2) is 11.5 Å². The molecular weight excluding hydrogens is 392 g/mol. The lowest BCUT2D eigenvalue weighted by atomic mass is 10.1. The molecule has 0 radical (unpaired) electrons. The largest absolute Gasteiger partial charge is 0.454 e. The second-order valence-electron chi connectivity index (χ2n) is 7.83. The SMILES string of the molecule is O[C@H](COCc1ccccc1Cl)C[NH+]1CC[NH+](Cc2ccc3c(c2)OCO3)CC1. The van der Waals surface area contributed by atoms with Crippen molar-refractivity contribution in [2.45, 2.75) is 19.3 Å². The zero-order valence-electron chi connectivity index (χ0n) is 16.5. The lowest BCUT2D eigenvalue weighted by Crippen LogP contribution is -3.28. The Balaban J connectivity index is 1.15. The predicted octanol–water partition coefficient (Wildman–Crippen LogP) is -0.0702. The van der Waals surface area contributed by atoms with Crippen LogP contribution in [0, 0.1) is 0 Å². The number of halogens is 1. The molecule has 0 aromatic heterocycles. The number of nitrogens with one attached hydrogen (secondary N) is 2. The van der Waals surface area contributed by atoms with Crippen LogP contribution in [0.2, 0.25) is 5.02 Å². The molecule has 0 bridgehead atoms. The van der Waals surface area contributed by atoms with Gasteiger partial charge in [-0.25, -0.2) is 0 Å². The molecule has 3 N–H and O–H groups in total. The first-order valence-electron chi connectivity index (χ1n) is 10.2. The summed E-state index contributed by atoms with van der Waals surface area (Å²) >= 11 is 6.13. The second-order valence-corrected chi connectivity index (χ2v) is 8.24. The minimum atomic E-state index is -0.456. The fourth-order valence-electron chi connectivity index (χ4n) is 3.99. The van der Waals surface area contributed by atoms with Crippen LogP contribution in [0.1, 0.15) is 11.1 Å². The van der Waals surface area contributed by atoms with E-state index in [1.54, 1.807) is 4.90 Å². The van der Waals surface area contributed by atoms with Gasteiger partial charge in [0.2, 0.25) is 6.79 Å². The first kappa shape index (κ1) is 20.4. The molecule has 7 heteroatoms. The number of fused-ring (bicyclic) bond motifs is 1. The zero-order chi connectivity index (χ0) is 20.1. The first-order valence-corrected chi connectivity index (χ1v) is 10.6. The van der Waals surface area contributed by atoms with E-state index in [1.807, 2.05) is 30.3 Å². The maximum atomic E-state index is 10.3. The van der Waals surface area contributed by atoms with E-state index in [0.29, 0.717) is 25.0 Å². The molecule has 0 amide bonds. The Hall–Kier alpha value is -1.83. The summed E-state index contributed by atoms with van der Waals surface area (Å²) in [5.74, 6) is 1.69. The van der Waals surface area contributed by atoms with Crippen molar-refractivity contribution in [2.24, 2.45) is 0 Å². The van der Waals surface area contributed by atoms with E-state index in [0.717, 1.165) is 56.3 Å². The number of piperazine rings is 1. The van der Waals surface area contributed by atoms with Crippen LogP contribution >= 0.6 is 11.6 Å². The van der Waals surface area contributed by atoms with Gasteiger partial charge in [-0.15, -0.1) is 0 Å². The molecule has 156 valence electrons. The molecule has 2 aliphatic rings. The maximum absolute atomic E-state index is 10.3. The molecule has 0 aliphatic carbocycles. The van der Waals surface area contributed by atoms with E-state index in [2.05, 4.69) is 12.1 Å². The van der Waals surface area contributed by atoms with Gasteiger partial charge in [-0.2, -0.15) is 0 Å². The summed E-state index contributed by atoms with van der Waals surface area (Å²) in [5, 5.41) is 11.0. The Kier molecular flexibility index (Phi) is 6.90. The van der Waals surface area contributed by atoms with Crippen LogP contribution in [-0.2, 0) is 17.9 Å². The number of ether oxygens (including phenoxy) is 3. The predicted molar refractivity (Wildman–Crippen MR) is 110 cm³/mol. The molecule has 2 aliphatic heterocycles. The summed E-state index contributed by atoms with van der Waals surface area (Å²) in [5.41, 5.74) is 2.23. The Bertz CT molecular complexity index is 811. The van der Waals surface area contributed by atoms with Gasteiger partial charge in [-0.05, 0) is 29.8 Å². The van der Waals surface area contributed by atoms with Crippen LogP contribution in [-0.4, -0.2) is 57.3 Å². The van der Waals surface area contributed by atoms with Gasteiger partial charge in [0, 0.05) is 10.6 Å². The number of aliphatic hydroxyl groups is 1. The number of hydrogen-bond acceptors (Lipinski definition) is 4. The summed E-state index contributed by atoms with van der Waals surface area (Å²) < 4.78 is 16.5. The van der Waals surface area contributed by atoms with E-state index in [4.69, 9.17) is 25.8 Å². The third-order valence-corrected chi connectivity index (χ3v) is 5.97. The van der Waals surface area contributed by atoms with Gasteiger partial charge in [0.05, 0.1) is 13.2 Å². The highest BCUT2D eigenvalue weighted by atomic mass is 35.5. The highest BCUT2D eigenvalue weighted by Gasteiger charge is 2.25. The molecule has 2 aromatic carbocycles. The van der Waals surface area contributed by atoms with Crippen molar-refractivity contribution in [1.29, 1.82) is 0 Å². The molecule has 29 heavy (non-hydrogen) atoms. The Labute approximate surface area is 176 Å². The quantitative estimate of drug-likeness (QED) is 0.559. The minimum Gasteiger partial charge on any atom is -0.454 e. The molecule has 1 atom stereocenters. The molecule has 0 saturated carbocycles. The highest BCUT2D eigenvalue weighted by molar-refractivity contribution is 6.31.